The smallest absolute Gasteiger partial charge is 0.220 e. The lowest BCUT2D eigenvalue weighted by atomic mass is 10.0. The molecule has 3 aromatic rings. The van der Waals surface area contributed by atoms with Crippen LogP contribution in [-0.2, 0) is 11.3 Å². The Morgan fingerprint density at radius 3 is 3.00 bits per heavy atom. The van der Waals surface area contributed by atoms with E-state index in [1.54, 1.807) is 6.20 Å². The van der Waals surface area contributed by atoms with E-state index in [-0.39, 0.29) is 17.9 Å². The van der Waals surface area contributed by atoms with Gasteiger partial charge in [-0.3, -0.25) is 14.5 Å². The normalized spacial score (nSPS) is 18.1. The first kappa shape index (κ1) is 16.6. The number of carbonyl (C=O) groups excluding carboxylic acids is 1. The van der Waals surface area contributed by atoms with Crippen LogP contribution in [0.25, 0.3) is 22.0 Å². The van der Waals surface area contributed by atoms with Crippen LogP contribution < -0.4 is 10.1 Å². The molecule has 1 N–H and O–H groups in total. The molecule has 134 valence electrons. The van der Waals surface area contributed by atoms with E-state index in [1.165, 1.54) is 0 Å². The number of nitrogens with zero attached hydrogens (tertiary/aromatic N) is 3. The van der Waals surface area contributed by atoms with E-state index in [9.17, 15) is 4.79 Å². The number of hydrogen-bond acceptors (Lipinski definition) is 4. The number of benzene rings is 1. The van der Waals surface area contributed by atoms with Gasteiger partial charge in [-0.2, -0.15) is 5.10 Å². The molecule has 0 saturated carbocycles. The summed E-state index contributed by atoms with van der Waals surface area (Å²) < 4.78 is 8.20. The maximum Gasteiger partial charge on any atom is 0.220 e. The third kappa shape index (κ3) is 3.14. The zero-order chi connectivity index (χ0) is 18.1. The fourth-order valence-electron chi connectivity index (χ4n) is 3.35. The number of nitrogens with one attached hydrogen (secondary N) is 1. The third-order valence-corrected chi connectivity index (χ3v) is 4.96. The summed E-state index contributed by atoms with van der Waals surface area (Å²) >= 11 is 0. The zero-order valence-corrected chi connectivity index (χ0v) is 15.0. The van der Waals surface area contributed by atoms with Crippen LogP contribution in [0, 0.1) is 5.92 Å². The van der Waals surface area contributed by atoms with Crippen molar-refractivity contribution >= 4 is 16.8 Å². The van der Waals surface area contributed by atoms with Crippen molar-refractivity contribution in [3.8, 4) is 16.9 Å². The van der Waals surface area contributed by atoms with Crippen LogP contribution in [0.4, 0.5) is 0 Å². The molecule has 2 aromatic heterocycles. The monoisotopic (exact) mass is 350 g/mol. The van der Waals surface area contributed by atoms with Gasteiger partial charge < -0.3 is 10.1 Å². The Bertz CT molecular complexity index is 950. The van der Waals surface area contributed by atoms with E-state index in [0.29, 0.717) is 13.0 Å². The van der Waals surface area contributed by atoms with Gasteiger partial charge in [-0.05, 0) is 43.7 Å². The van der Waals surface area contributed by atoms with Crippen molar-refractivity contribution in [3.05, 3.63) is 42.9 Å². The van der Waals surface area contributed by atoms with Crippen LogP contribution in [-0.4, -0.2) is 33.3 Å². The van der Waals surface area contributed by atoms with Crippen LogP contribution in [0.1, 0.15) is 20.3 Å². The second-order valence-electron chi connectivity index (χ2n) is 6.72. The molecule has 1 aliphatic heterocycles. The summed E-state index contributed by atoms with van der Waals surface area (Å²) in [7, 11) is 0. The quantitative estimate of drug-likeness (QED) is 0.768. The highest BCUT2D eigenvalue weighted by atomic mass is 16.5. The molecule has 0 aliphatic carbocycles. The molecule has 6 heteroatoms. The topological polar surface area (TPSA) is 69.0 Å². The Balaban J connectivity index is 1.71. The highest BCUT2D eigenvalue weighted by Crippen LogP contribution is 2.33. The number of hydrogen-bond donors (Lipinski definition) is 1. The van der Waals surface area contributed by atoms with Crippen molar-refractivity contribution in [2.45, 2.75) is 32.9 Å². The van der Waals surface area contributed by atoms with Crippen LogP contribution in [0.3, 0.4) is 0 Å². The number of aromatic nitrogens is 3. The third-order valence-electron chi connectivity index (χ3n) is 4.96. The molecule has 2 atom stereocenters. The fraction of sp³-hybridized carbons (Fsp3) is 0.350. The second-order valence-corrected chi connectivity index (χ2v) is 6.72. The first-order valence-electron chi connectivity index (χ1n) is 8.99. The summed E-state index contributed by atoms with van der Waals surface area (Å²) in [6.45, 7) is 5.58. The van der Waals surface area contributed by atoms with Crippen LogP contribution in [0.2, 0.25) is 0 Å². The maximum atomic E-state index is 11.5. The van der Waals surface area contributed by atoms with Gasteiger partial charge in [0.05, 0.1) is 11.7 Å². The van der Waals surface area contributed by atoms with E-state index in [1.807, 2.05) is 42.2 Å². The zero-order valence-electron chi connectivity index (χ0n) is 15.0. The molecule has 0 radical (unpaired) electrons. The molecule has 26 heavy (non-hydrogen) atoms. The van der Waals surface area contributed by atoms with Gasteiger partial charge in [0.15, 0.2) is 0 Å². The molecule has 1 aliphatic rings. The average molecular weight is 350 g/mol. The summed E-state index contributed by atoms with van der Waals surface area (Å²) in [5, 5.41) is 8.22. The van der Waals surface area contributed by atoms with Gasteiger partial charge in [-0.1, -0.05) is 0 Å². The minimum Gasteiger partial charge on any atom is -0.490 e. The van der Waals surface area contributed by atoms with Gasteiger partial charge >= 0.3 is 0 Å². The Hall–Kier alpha value is -2.89. The molecule has 0 spiro atoms. The van der Waals surface area contributed by atoms with E-state index in [4.69, 9.17) is 4.74 Å². The molecule has 6 nitrogen and oxygen atoms in total. The minimum absolute atomic E-state index is 0.0639. The van der Waals surface area contributed by atoms with Crippen LogP contribution in [0.5, 0.6) is 5.75 Å². The average Bonchev–Trinajstić information content (AvgIpc) is 3.30. The van der Waals surface area contributed by atoms with Gasteiger partial charge in [0, 0.05) is 48.8 Å². The van der Waals surface area contributed by atoms with E-state index in [2.05, 4.69) is 28.4 Å². The second kappa shape index (κ2) is 6.78. The number of carbonyl (C=O) groups is 1. The Morgan fingerprint density at radius 2 is 2.27 bits per heavy atom. The summed E-state index contributed by atoms with van der Waals surface area (Å²) in [5.41, 5.74) is 2.95. The first-order valence-corrected chi connectivity index (χ1v) is 8.99. The molecule has 1 amide bonds. The van der Waals surface area contributed by atoms with E-state index in [0.717, 1.165) is 34.3 Å². The summed E-state index contributed by atoms with van der Waals surface area (Å²) in [6.07, 6.45) is 6.12. The van der Waals surface area contributed by atoms with Crippen molar-refractivity contribution in [1.29, 1.82) is 0 Å². The molecule has 1 saturated heterocycles. The maximum absolute atomic E-state index is 11.5. The number of rotatable bonds is 5. The summed E-state index contributed by atoms with van der Waals surface area (Å²) in [5.74, 6) is 1.07. The summed E-state index contributed by atoms with van der Waals surface area (Å²) in [4.78, 5) is 16.0. The van der Waals surface area contributed by atoms with Crippen LogP contribution >= 0.6 is 0 Å². The number of aryl methyl sites for hydroxylation is 1. The van der Waals surface area contributed by atoms with Crippen molar-refractivity contribution in [3.63, 3.8) is 0 Å². The Labute approximate surface area is 152 Å². The van der Waals surface area contributed by atoms with Crippen LogP contribution in [0.15, 0.2) is 42.9 Å². The molecule has 0 unspecified atom stereocenters. The SMILES string of the molecule is CCn1cc(-c2cc(O[C@H](C)[C@@H]3CNC(=O)C3)c3cccnc3c2)cn1. The Kier molecular flexibility index (Phi) is 4.32. The number of pyridine rings is 1. The van der Waals surface area contributed by atoms with E-state index >= 15 is 0 Å². The number of amides is 1. The van der Waals surface area contributed by atoms with E-state index < -0.39 is 0 Å². The molecular weight excluding hydrogens is 328 g/mol. The minimum atomic E-state index is -0.0639. The van der Waals surface area contributed by atoms with Gasteiger partial charge in [0.25, 0.3) is 0 Å². The first-order chi connectivity index (χ1) is 12.6. The number of ether oxygens (including phenoxy) is 1. The van der Waals surface area contributed by atoms with Gasteiger partial charge in [-0.25, -0.2) is 0 Å². The van der Waals surface area contributed by atoms with Gasteiger partial charge in [-0.15, -0.1) is 0 Å². The molecule has 0 bridgehead atoms. The highest BCUT2D eigenvalue weighted by Gasteiger charge is 2.28. The molecule has 4 rings (SSSR count). The number of fused-ring (bicyclic) bond motifs is 1. The highest BCUT2D eigenvalue weighted by molar-refractivity contribution is 5.90. The fourth-order valence-corrected chi connectivity index (χ4v) is 3.35. The lowest BCUT2D eigenvalue weighted by Crippen LogP contribution is -2.25. The largest absolute Gasteiger partial charge is 0.490 e. The Morgan fingerprint density at radius 1 is 1.38 bits per heavy atom. The standard InChI is InChI=1S/C20H22N4O2/c1-3-24-12-16(11-23-24)14-7-18-17(5-4-6-21-18)19(8-14)26-13(2)15-9-20(25)22-10-15/h4-8,11-13,15H,3,9-10H2,1-2H3,(H,22,25)/t13-,15+/m1/s1. The molecule has 1 fully saturated rings. The molecular formula is C20H22N4O2. The van der Waals surface area contributed by atoms with Gasteiger partial charge in [0.1, 0.15) is 11.9 Å². The summed E-state index contributed by atoms with van der Waals surface area (Å²) in [6, 6.07) is 8.03. The molecule has 3 heterocycles. The lowest BCUT2D eigenvalue weighted by molar-refractivity contribution is -0.119. The van der Waals surface area contributed by atoms with Crippen molar-refractivity contribution in [1.82, 2.24) is 20.1 Å². The predicted octanol–water partition coefficient (Wildman–Crippen LogP) is 3.02. The lowest BCUT2D eigenvalue weighted by Gasteiger charge is -2.21. The van der Waals surface area contributed by atoms with Crippen molar-refractivity contribution in [2.24, 2.45) is 5.92 Å². The van der Waals surface area contributed by atoms with Crippen molar-refractivity contribution in [2.75, 3.05) is 6.54 Å². The van der Waals surface area contributed by atoms with Crippen molar-refractivity contribution < 1.29 is 9.53 Å². The predicted molar refractivity (Wildman–Crippen MR) is 99.8 cm³/mol. The van der Waals surface area contributed by atoms with Gasteiger partial charge in [0.2, 0.25) is 5.91 Å². The molecule has 1 aromatic carbocycles.